The molecule has 0 unspecified atom stereocenters. The molecule has 18 heavy (non-hydrogen) atoms. The van der Waals surface area contributed by atoms with Crippen LogP contribution in [0.5, 0.6) is 5.75 Å². The van der Waals surface area contributed by atoms with E-state index in [0.717, 1.165) is 5.75 Å². The quantitative estimate of drug-likeness (QED) is 0.906. The highest BCUT2D eigenvalue weighted by atomic mass is 32.1. The van der Waals surface area contributed by atoms with E-state index in [1.165, 1.54) is 20.9 Å². The van der Waals surface area contributed by atoms with Gasteiger partial charge in [0.05, 0.1) is 7.11 Å². The maximum Gasteiger partial charge on any atom is 0.118 e. The molecular weight excluding hydrogens is 242 g/mol. The lowest BCUT2D eigenvalue weighted by molar-refractivity contribution is 0.415. The van der Waals surface area contributed by atoms with Crippen molar-refractivity contribution in [3.63, 3.8) is 0 Å². The van der Waals surface area contributed by atoms with Gasteiger partial charge < -0.3 is 10.5 Å². The number of hydrogen-bond donors (Lipinski definition) is 1. The van der Waals surface area contributed by atoms with Gasteiger partial charge in [0.1, 0.15) is 5.75 Å². The van der Waals surface area contributed by atoms with Crippen LogP contribution in [0.15, 0.2) is 42.5 Å². The summed E-state index contributed by atoms with van der Waals surface area (Å²) in [6.45, 7) is 2.68. The third kappa shape index (κ3) is 2.81. The fraction of sp³-hybridized carbons (Fsp3) is 0.200. The Morgan fingerprint density at radius 1 is 1.22 bits per heavy atom. The Bertz CT molecular complexity index is 540. The van der Waals surface area contributed by atoms with Crippen molar-refractivity contribution in [2.24, 2.45) is 5.73 Å². The van der Waals surface area contributed by atoms with Crippen molar-refractivity contribution < 1.29 is 4.74 Å². The summed E-state index contributed by atoms with van der Waals surface area (Å²) in [5.74, 6) is 0.884. The zero-order valence-electron chi connectivity index (χ0n) is 10.6. The van der Waals surface area contributed by atoms with Gasteiger partial charge in [-0.3, -0.25) is 0 Å². The highest BCUT2D eigenvalue weighted by Gasteiger charge is 2.04. The van der Waals surface area contributed by atoms with Crippen molar-refractivity contribution in [2.45, 2.75) is 6.92 Å². The van der Waals surface area contributed by atoms with Crippen molar-refractivity contribution in [3.05, 3.63) is 47.4 Å². The van der Waals surface area contributed by atoms with E-state index in [0.29, 0.717) is 6.54 Å². The van der Waals surface area contributed by atoms with Gasteiger partial charge in [0.2, 0.25) is 0 Å². The summed E-state index contributed by atoms with van der Waals surface area (Å²) in [6.07, 6.45) is 2.05. The smallest absolute Gasteiger partial charge is 0.118 e. The second kappa shape index (κ2) is 5.85. The lowest BCUT2D eigenvalue weighted by atomic mass is 10.2. The first-order chi connectivity index (χ1) is 8.74. The van der Waals surface area contributed by atoms with Crippen molar-refractivity contribution in [3.8, 4) is 16.2 Å². The summed E-state index contributed by atoms with van der Waals surface area (Å²) < 4.78 is 5.16. The molecule has 3 heteroatoms. The fourth-order valence-corrected chi connectivity index (χ4v) is 2.74. The molecular formula is C15H17NOS. The summed E-state index contributed by atoms with van der Waals surface area (Å²) >= 11 is 1.78. The van der Waals surface area contributed by atoms with E-state index in [9.17, 15) is 0 Å². The van der Waals surface area contributed by atoms with Crippen LogP contribution >= 0.6 is 11.3 Å². The Morgan fingerprint density at radius 2 is 1.94 bits per heavy atom. The molecule has 0 saturated heterocycles. The molecule has 0 bridgehead atoms. The number of allylic oxidation sites excluding steroid dienone is 1. The molecule has 0 amide bonds. The molecule has 0 saturated carbocycles. The molecule has 0 spiro atoms. The van der Waals surface area contributed by atoms with Gasteiger partial charge in [0.25, 0.3) is 0 Å². The van der Waals surface area contributed by atoms with Gasteiger partial charge in [-0.25, -0.2) is 0 Å². The largest absolute Gasteiger partial charge is 0.497 e. The fourth-order valence-electron chi connectivity index (χ4n) is 1.74. The van der Waals surface area contributed by atoms with E-state index in [-0.39, 0.29) is 0 Å². The molecule has 0 atom stereocenters. The van der Waals surface area contributed by atoms with E-state index in [1.54, 1.807) is 18.4 Å². The maximum atomic E-state index is 5.53. The number of methoxy groups -OCH3 is 1. The Labute approximate surface area is 112 Å². The molecule has 1 heterocycles. The number of rotatable bonds is 4. The molecule has 0 aliphatic carbocycles. The van der Waals surface area contributed by atoms with Crippen LogP contribution in [-0.2, 0) is 0 Å². The molecule has 2 N–H and O–H groups in total. The third-order valence-electron chi connectivity index (χ3n) is 2.79. The van der Waals surface area contributed by atoms with Crippen LogP contribution in [0.1, 0.15) is 11.8 Å². The number of benzene rings is 1. The topological polar surface area (TPSA) is 35.2 Å². The first-order valence-electron chi connectivity index (χ1n) is 5.86. The van der Waals surface area contributed by atoms with Crippen LogP contribution < -0.4 is 10.5 Å². The summed E-state index contributed by atoms with van der Waals surface area (Å²) in [4.78, 5) is 2.53. The minimum atomic E-state index is 0.585. The van der Waals surface area contributed by atoms with E-state index >= 15 is 0 Å². The standard InChI is InChI=1S/C15H17NOS/c1-11(9-10-16)14-7-8-15(18-14)12-3-5-13(17-2)6-4-12/h3-9H,10,16H2,1-2H3/b11-9+. The van der Waals surface area contributed by atoms with Crippen LogP contribution in [0.2, 0.25) is 0 Å². The van der Waals surface area contributed by atoms with E-state index in [4.69, 9.17) is 10.5 Å². The molecule has 0 aliphatic heterocycles. The van der Waals surface area contributed by atoms with Gasteiger partial charge in [-0.2, -0.15) is 0 Å². The van der Waals surface area contributed by atoms with Crippen LogP contribution in [-0.4, -0.2) is 13.7 Å². The summed E-state index contributed by atoms with van der Waals surface area (Å²) in [6, 6.07) is 12.4. The Hall–Kier alpha value is -1.58. The number of nitrogens with two attached hydrogens (primary N) is 1. The van der Waals surface area contributed by atoms with Crippen molar-refractivity contribution in [2.75, 3.05) is 13.7 Å². The summed E-state index contributed by atoms with van der Waals surface area (Å²) in [5, 5.41) is 0. The van der Waals surface area contributed by atoms with E-state index in [2.05, 4.69) is 31.2 Å². The first-order valence-corrected chi connectivity index (χ1v) is 6.67. The number of ether oxygens (including phenoxy) is 1. The van der Waals surface area contributed by atoms with Crippen molar-refractivity contribution in [1.29, 1.82) is 0 Å². The van der Waals surface area contributed by atoms with Gasteiger partial charge >= 0.3 is 0 Å². The highest BCUT2D eigenvalue weighted by molar-refractivity contribution is 7.16. The SMILES string of the molecule is COc1ccc(-c2ccc(/C(C)=C/CN)s2)cc1. The van der Waals surface area contributed by atoms with Crippen LogP contribution in [0.3, 0.4) is 0 Å². The predicted octanol–water partition coefficient (Wildman–Crippen LogP) is 3.79. The van der Waals surface area contributed by atoms with Crippen molar-refractivity contribution >= 4 is 16.9 Å². The maximum absolute atomic E-state index is 5.53. The molecule has 94 valence electrons. The Balaban J connectivity index is 2.26. The average Bonchev–Trinajstić information content (AvgIpc) is 2.89. The Kier molecular flexibility index (Phi) is 4.18. The van der Waals surface area contributed by atoms with Crippen LogP contribution in [0.25, 0.3) is 16.0 Å². The van der Waals surface area contributed by atoms with E-state index < -0.39 is 0 Å². The summed E-state index contributed by atoms with van der Waals surface area (Å²) in [5.41, 5.74) is 7.98. The zero-order chi connectivity index (χ0) is 13.0. The molecule has 0 fully saturated rings. The number of thiophene rings is 1. The minimum Gasteiger partial charge on any atom is -0.497 e. The molecule has 2 aromatic rings. The van der Waals surface area contributed by atoms with E-state index in [1.807, 2.05) is 18.2 Å². The van der Waals surface area contributed by atoms with Gasteiger partial charge in [-0.05, 0) is 54.5 Å². The molecule has 0 aliphatic rings. The van der Waals surface area contributed by atoms with Gasteiger partial charge in [-0.15, -0.1) is 11.3 Å². The van der Waals surface area contributed by atoms with Gasteiger partial charge in [0.15, 0.2) is 0 Å². The lowest BCUT2D eigenvalue weighted by Crippen LogP contribution is -1.93. The summed E-state index contributed by atoms with van der Waals surface area (Å²) in [7, 11) is 1.68. The lowest BCUT2D eigenvalue weighted by Gasteiger charge is -2.01. The normalized spacial score (nSPS) is 11.6. The third-order valence-corrected chi connectivity index (χ3v) is 4.06. The second-order valence-electron chi connectivity index (χ2n) is 4.02. The first kappa shape index (κ1) is 12.9. The van der Waals surface area contributed by atoms with Crippen LogP contribution in [0.4, 0.5) is 0 Å². The molecule has 2 nitrogen and oxygen atoms in total. The molecule has 2 rings (SSSR count). The predicted molar refractivity (Wildman–Crippen MR) is 79.0 cm³/mol. The monoisotopic (exact) mass is 259 g/mol. The molecule has 0 radical (unpaired) electrons. The second-order valence-corrected chi connectivity index (χ2v) is 5.10. The van der Waals surface area contributed by atoms with Crippen molar-refractivity contribution in [1.82, 2.24) is 0 Å². The number of hydrogen-bond acceptors (Lipinski definition) is 3. The Morgan fingerprint density at radius 3 is 2.56 bits per heavy atom. The average molecular weight is 259 g/mol. The van der Waals surface area contributed by atoms with Gasteiger partial charge in [0, 0.05) is 16.3 Å². The highest BCUT2D eigenvalue weighted by Crippen LogP contribution is 2.32. The minimum absolute atomic E-state index is 0.585. The van der Waals surface area contributed by atoms with Gasteiger partial charge in [-0.1, -0.05) is 6.08 Å². The van der Waals surface area contributed by atoms with Crippen LogP contribution in [0, 0.1) is 0 Å². The molecule has 1 aromatic carbocycles. The zero-order valence-corrected chi connectivity index (χ0v) is 11.5. The molecule has 1 aromatic heterocycles.